The SMILES string of the molecule is Cc1ccc(-c2nc(CCNC(=O)COc3ccc(C(C)C)cc3)cs2)cc1. The monoisotopic (exact) mass is 394 g/mol. The molecule has 1 heterocycles. The maximum absolute atomic E-state index is 12.0. The van der Waals surface area contributed by atoms with Gasteiger partial charge in [-0.15, -0.1) is 11.3 Å². The van der Waals surface area contributed by atoms with E-state index in [0.717, 1.165) is 16.3 Å². The number of nitrogens with one attached hydrogen (secondary N) is 1. The number of carbonyl (C=O) groups excluding carboxylic acids is 1. The van der Waals surface area contributed by atoms with Gasteiger partial charge in [0.1, 0.15) is 10.8 Å². The zero-order valence-corrected chi connectivity index (χ0v) is 17.4. The van der Waals surface area contributed by atoms with Crippen molar-refractivity contribution in [1.82, 2.24) is 10.3 Å². The number of thiazole rings is 1. The van der Waals surface area contributed by atoms with E-state index in [2.05, 4.69) is 55.3 Å². The van der Waals surface area contributed by atoms with Crippen LogP contribution in [0, 0.1) is 6.92 Å². The van der Waals surface area contributed by atoms with Gasteiger partial charge in [0.05, 0.1) is 5.69 Å². The third-order valence-corrected chi connectivity index (χ3v) is 5.41. The highest BCUT2D eigenvalue weighted by molar-refractivity contribution is 7.13. The largest absolute Gasteiger partial charge is 0.484 e. The van der Waals surface area contributed by atoms with Crippen molar-refractivity contribution in [3.8, 4) is 16.3 Å². The average molecular weight is 395 g/mol. The number of ether oxygens (including phenoxy) is 1. The van der Waals surface area contributed by atoms with Gasteiger partial charge in [0.25, 0.3) is 5.91 Å². The number of amides is 1. The molecule has 0 unspecified atom stereocenters. The van der Waals surface area contributed by atoms with Crippen LogP contribution in [0.1, 0.15) is 36.6 Å². The molecule has 146 valence electrons. The van der Waals surface area contributed by atoms with E-state index in [-0.39, 0.29) is 12.5 Å². The third kappa shape index (κ3) is 5.67. The van der Waals surface area contributed by atoms with E-state index >= 15 is 0 Å². The fourth-order valence-corrected chi connectivity index (χ4v) is 3.59. The van der Waals surface area contributed by atoms with Crippen molar-refractivity contribution in [3.05, 3.63) is 70.7 Å². The first-order valence-electron chi connectivity index (χ1n) is 9.52. The zero-order valence-electron chi connectivity index (χ0n) is 16.6. The molecule has 0 bridgehead atoms. The summed E-state index contributed by atoms with van der Waals surface area (Å²) in [7, 11) is 0. The van der Waals surface area contributed by atoms with Crippen molar-refractivity contribution in [1.29, 1.82) is 0 Å². The molecular weight excluding hydrogens is 368 g/mol. The van der Waals surface area contributed by atoms with Crippen molar-refractivity contribution in [2.75, 3.05) is 13.2 Å². The van der Waals surface area contributed by atoms with Crippen LogP contribution in [0.15, 0.2) is 53.9 Å². The Morgan fingerprint density at radius 2 is 1.82 bits per heavy atom. The summed E-state index contributed by atoms with van der Waals surface area (Å²) in [6.45, 7) is 6.94. The molecule has 0 saturated carbocycles. The molecule has 1 aromatic heterocycles. The molecular formula is C23H26N2O2S. The van der Waals surface area contributed by atoms with Crippen LogP contribution in [0.5, 0.6) is 5.75 Å². The van der Waals surface area contributed by atoms with E-state index in [4.69, 9.17) is 4.74 Å². The molecule has 0 fully saturated rings. The highest BCUT2D eigenvalue weighted by Gasteiger charge is 2.07. The smallest absolute Gasteiger partial charge is 0.257 e. The summed E-state index contributed by atoms with van der Waals surface area (Å²) in [5, 5.41) is 5.95. The van der Waals surface area contributed by atoms with Crippen molar-refractivity contribution < 1.29 is 9.53 Å². The Labute approximate surface area is 170 Å². The van der Waals surface area contributed by atoms with Gasteiger partial charge in [-0.25, -0.2) is 4.98 Å². The number of nitrogens with zero attached hydrogens (tertiary/aromatic N) is 1. The Morgan fingerprint density at radius 1 is 1.11 bits per heavy atom. The summed E-state index contributed by atoms with van der Waals surface area (Å²) >= 11 is 1.63. The zero-order chi connectivity index (χ0) is 19.9. The molecule has 0 aliphatic heterocycles. The Hall–Kier alpha value is -2.66. The summed E-state index contributed by atoms with van der Waals surface area (Å²) in [6.07, 6.45) is 0.706. The minimum atomic E-state index is -0.123. The first-order valence-corrected chi connectivity index (χ1v) is 10.4. The Balaban J connectivity index is 1.41. The van der Waals surface area contributed by atoms with Crippen molar-refractivity contribution in [2.45, 2.75) is 33.1 Å². The second kappa shape index (κ2) is 9.51. The fourth-order valence-electron chi connectivity index (χ4n) is 2.73. The van der Waals surface area contributed by atoms with Gasteiger partial charge in [0.2, 0.25) is 0 Å². The second-order valence-corrected chi connectivity index (χ2v) is 7.98. The molecule has 0 aliphatic rings. The summed E-state index contributed by atoms with van der Waals surface area (Å²) in [6, 6.07) is 16.2. The standard InChI is InChI=1S/C23H26N2O2S/c1-16(2)18-8-10-21(11-9-18)27-14-22(26)24-13-12-20-15-28-23(25-20)19-6-4-17(3)5-7-19/h4-11,15-16H,12-14H2,1-3H3,(H,24,26). The topological polar surface area (TPSA) is 51.2 Å². The molecule has 0 aliphatic carbocycles. The molecule has 4 nitrogen and oxygen atoms in total. The van der Waals surface area contributed by atoms with Gasteiger partial charge in [0, 0.05) is 23.9 Å². The lowest BCUT2D eigenvalue weighted by Crippen LogP contribution is -2.30. The van der Waals surface area contributed by atoms with Gasteiger partial charge < -0.3 is 10.1 Å². The van der Waals surface area contributed by atoms with Crippen LogP contribution >= 0.6 is 11.3 Å². The highest BCUT2D eigenvalue weighted by atomic mass is 32.1. The van der Waals surface area contributed by atoms with E-state index in [1.165, 1.54) is 11.1 Å². The van der Waals surface area contributed by atoms with E-state index in [1.807, 2.05) is 29.6 Å². The number of carbonyl (C=O) groups is 1. The second-order valence-electron chi connectivity index (χ2n) is 7.12. The molecule has 1 amide bonds. The summed E-state index contributed by atoms with van der Waals surface area (Å²) in [5.41, 5.74) is 4.61. The molecule has 0 saturated heterocycles. The molecule has 1 N–H and O–H groups in total. The molecule has 0 radical (unpaired) electrons. The Bertz CT molecular complexity index is 899. The van der Waals surface area contributed by atoms with E-state index in [1.54, 1.807) is 11.3 Å². The van der Waals surface area contributed by atoms with Crippen LogP contribution in [0.4, 0.5) is 0 Å². The maximum atomic E-state index is 12.0. The number of aromatic nitrogens is 1. The van der Waals surface area contributed by atoms with Crippen LogP contribution < -0.4 is 10.1 Å². The van der Waals surface area contributed by atoms with Crippen LogP contribution in [-0.4, -0.2) is 24.0 Å². The number of rotatable bonds is 8. The van der Waals surface area contributed by atoms with Crippen molar-refractivity contribution in [2.24, 2.45) is 0 Å². The molecule has 3 aromatic rings. The Kier molecular flexibility index (Phi) is 6.82. The van der Waals surface area contributed by atoms with Crippen molar-refractivity contribution in [3.63, 3.8) is 0 Å². The van der Waals surface area contributed by atoms with E-state index in [0.29, 0.717) is 24.6 Å². The van der Waals surface area contributed by atoms with Crippen molar-refractivity contribution >= 4 is 17.2 Å². The number of hydrogen-bond donors (Lipinski definition) is 1. The van der Waals surface area contributed by atoms with Crippen LogP contribution in [0.25, 0.3) is 10.6 Å². The molecule has 3 rings (SSSR count). The highest BCUT2D eigenvalue weighted by Crippen LogP contribution is 2.24. The fraction of sp³-hybridized carbons (Fsp3) is 0.304. The van der Waals surface area contributed by atoms with Gasteiger partial charge in [0.15, 0.2) is 6.61 Å². The van der Waals surface area contributed by atoms with E-state index in [9.17, 15) is 4.79 Å². The summed E-state index contributed by atoms with van der Waals surface area (Å²) < 4.78 is 5.55. The number of benzene rings is 2. The van der Waals surface area contributed by atoms with E-state index < -0.39 is 0 Å². The van der Waals surface area contributed by atoms with Crippen LogP contribution in [-0.2, 0) is 11.2 Å². The molecule has 28 heavy (non-hydrogen) atoms. The predicted octanol–water partition coefficient (Wildman–Crippen LogP) is 4.98. The van der Waals surface area contributed by atoms with Crippen LogP contribution in [0.2, 0.25) is 0 Å². The number of aryl methyl sites for hydroxylation is 1. The summed E-state index contributed by atoms with van der Waals surface area (Å²) in [4.78, 5) is 16.6. The quantitative estimate of drug-likeness (QED) is 0.586. The molecule has 5 heteroatoms. The third-order valence-electron chi connectivity index (χ3n) is 4.47. The molecule has 2 aromatic carbocycles. The average Bonchev–Trinajstić information content (AvgIpc) is 3.16. The molecule has 0 spiro atoms. The molecule has 0 atom stereocenters. The lowest BCUT2D eigenvalue weighted by molar-refractivity contribution is -0.123. The minimum Gasteiger partial charge on any atom is -0.484 e. The maximum Gasteiger partial charge on any atom is 0.257 e. The predicted molar refractivity (Wildman–Crippen MR) is 115 cm³/mol. The summed E-state index contributed by atoms with van der Waals surface area (Å²) in [5.74, 6) is 1.07. The van der Waals surface area contributed by atoms with Gasteiger partial charge in [-0.3, -0.25) is 4.79 Å². The lowest BCUT2D eigenvalue weighted by Gasteiger charge is -2.09. The van der Waals surface area contributed by atoms with Gasteiger partial charge in [-0.1, -0.05) is 55.8 Å². The normalized spacial score (nSPS) is 10.9. The Morgan fingerprint density at radius 3 is 2.50 bits per heavy atom. The number of hydrogen-bond acceptors (Lipinski definition) is 4. The van der Waals surface area contributed by atoms with Gasteiger partial charge in [-0.05, 0) is 30.5 Å². The van der Waals surface area contributed by atoms with Gasteiger partial charge in [-0.2, -0.15) is 0 Å². The van der Waals surface area contributed by atoms with Crippen LogP contribution in [0.3, 0.4) is 0 Å². The lowest BCUT2D eigenvalue weighted by atomic mass is 10.0. The minimum absolute atomic E-state index is 0.0205. The first-order chi connectivity index (χ1) is 13.5. The first kappa shape index (κ1) is 20.1. The van der Waals surface area contributed by atoms with Gasteiger partial charge >= 0.3 is 0 Å².